The number of thioether (sulfide) groups is 1. The van der Waals surface area contributed by atoms with Crippen molar-refractivity contribution in [3.05, 3.63) is 89.2 Å². The topological polar surface area (TPSA) is 63.1 Å². The van der Waals surface area contributed by atoms with Crippen LogP contribution in [0.3, 0.4) is 0 Å². The van der Waals surface area contributed by atoms with Gasteiger partial charge in [0, 0.05) is 30.1 Å². The molecule has 186 valence electrons. The molecule has 0 radical (unpaired) electrons. The van der Waals surface area contributed by atoms with Gasteiger partial charge in [0.05, 0.1) is 23.8 Å². The van der Waals surface area contributed by atoms with Crippen molar-refractivity contribution in [2.45, 2.75) is 50.2 Å². The van der Waals surface area contributed by atoms with Crippen LogP contribution in [0.4, 0.5) is 0 Å². The summed E-state index contributed by atoms with van der Waals surface area (Å²) in [7, 11) is 0. The molecule has 0 unspecified atom stereocenters. The highest BCUT2D eigenvalue weighted by atomic mass is 32.2. The summed E-state index contributed by atoms with van der Waals surface area (Å²) in [5.74, 6) is 0.850. The van der Waals surface area contributed by atoms with E-state index in [1.54, 1.807) is 18.0 Å². The average Bonchev–Trinajstić information content (AvgIpc) is 3.51. The minimum Gasteiger partial charge on any atom is -0.350 e. The van der Waals surface area contributed by atoms with Gasteiger partial charge in [0.1, 0.15) is 0 Å². The third kappa shape index (κ3) is 5.63. The number of fused-ring (bicyclic) bond motifs is 1. The maximum absolute atomic E-state index is 12.7. The van der Waals surface area contributed by atoms with E-state index in [4.69, 9.17) is 4.98 Å². The number of pyridine rings is 1. The number of carbonyl (C=O) groups is 1. The minimum absolute atomic E-state index is 0.00359. The van der Waals surface area contributed by atoms with Crippen molar-refractivity contribution in [1.82, 2.24) is 24.8 Å². The molecule has 0 bridgehead atoms. The fraction of sp³-hybridized carbons (Fsp3) is 0.345. The van der Waals surface area contributed by atoms with Crippen molar-refractivity contribution < 1.29 is 4.79 Å². The molecule has 1 aliphatic heterocycles. The van der Waals surface area contributed by atoms with Gasteiger partial charge in [-0.15, -0.1) is 0 Å². The van der Waals surface area contributed by atoms with E-state index in [2.05, 4.69) is 57.9 Å². The standard InChI is InChI=1S/C29H33N5OS/c1-3-33-16-4-5-25(33)17-31-28(35)24-12-10-22(11-13-24)19-34-27-18-30-15-14-26(27)32-29(34)36-20-23-8-6-21(2)7-9-23/h6-15,18,25H,3-5,16-17,19-20H2,1-2H3,(H,31,35)/t25-/m1/s1. The molecule has 0 aliphatic carbocycles. The lowest BCUT2D eigenvalue weighted by atomic mass is 10.1. The van der Waals surface area contributed by atoms with E-state index >= 15 is 0 Å². The van der Waals surface area contributed by atoms with Crippen molar-refractivity contribution in [2.75, 3.05) is 19.6 Å². The Morgan fingerprint density at radius 3 is 2.64 bits per heavy atom. The van der Waals surface area contributed by atoms with Crippen molar-refractivity contribution >= 4 is 28.7 Å². The number of likely N-dealkylation sites (N-methyl/N-ethyl adjacent to an activating group) is 1. The van der Waals surface area contributed by atoms with Crippen LogP contribution in [-0.2, 0) is 12.3 Å². The number of aromatic nitrogens is 3. The lowest BCUT2D eigenvalue weighted by molar-refractivity contribution is 0.0941. The van der Waals surface area contributed by atoms with Crippen LogP contribution >= 0.6 is 11.8 Å². The van der Waals surface area contributed by atoms with Gasteiger partial charge in [-0.1, -0.05) is 60.6 Å². The summed E-state index contributed by atoms with van der Waals surface area (Å²) in [5.41, 5.74) is 6.33. The Hall–Kier alpha value is -3.16. The van der Waals surface area contributed by atoms with Gasteiger partial charge in [-0.05, 0) is 62.2 Å². The summed E-state index contributed by atoms with van der Waals surface area (Å²) in [4.78, 5) is 24.4. The van der Waals surface area contributed by atoms with Gasteiger partial charge in [-0.25, -0.2) is 4.98 Å². The SMILES string of the molecule is CCN1CCC[C@@H]1CNC(=O)c1ccc(Cn2c(SCc3ccc(C)cc3)nc3ccncc32)cc1. The second-order valence-corrected chi connectivity index (χ2v) is 10.4. The lowest BCUT2D eigenvalue weighted by Gasteiger charge is -2.22. The summed E-state index contributed by atoms with van der Waals surface area (Å²) in [6.07, 6.45) is 6.04. The fourth-order valence-corrected chi connectivity index (χ4v) is 5.81. The molecule has 1 atom stereocenters. The van der Waals surface area contributed by atoms with Gasteiger partial charge in [-0.3, -0.25) is 14.7 Å². The van der Waals surface area contributed by atoms with E-state index in [1.165, 1.54) is 17.5 Å². The molecule has 3 heterocycles. The van der Waals surface area contributed by atoms with E-state index in [0.29, 0.717) is 24.7 Å². The molecule has 4 aromatic rings. The maximum Gasteiger partial charge on any atom is 0.251 e. The number of nitrogens with zero attached hydrogens (tertiary/aromatic N) is 4. The molecule has 0 saturated carbocycles. The Balaban J connectivity index is 1.27. The van der Waals surface area contributed by atoms with Crippen LogP contribution in [0.1, 0.15) is 46.8 Å². The predicted octanol–water partition coefficient (Wildman–Crippen LogP) is 5.29. The highest BCUT2D eigenvalue weighted by Gasteiger charge is 2.23. The highest BCUT2D eigenvalue weighted by molar-refractivity contribution is 7.98. The lowest BCUT2D eigenvalue weighted by Crippen LogP contribution is -2.40. The van der Waals surface area contributed by atoms with E-state index in [0.717, 1.165) is 47.0 Å². The molecular weight excluding hydrogens is 466 g/mol. The monoisotopic (exact) mass is 499 g/mol. The third-order valence-electron chi connectivity index (χ3n) is 6.96. The number of hydrogen-bond acceptors (Lipinski definition) is 5. The Morgan fingerprint density at radius 2 is 1.86 bits per heavy atom. The summed E-state index contributed by atoms with van der Waals surface area (Å²) in [5, 5.41) is 4.10. The van der Waals surface area contributed by atoms with E-state index in [9.17, 15) is 4.79 Å². The summed E-state index contributed by atoms with van der Waals surface area (Å²) in [6, 6.07) is 19.0. The Bertz CT molecular complexity index is 1320. The zero-order valence-electron chi connectivity index (χ0n) is 21.0. The average molecular weight is 500 g/mol. The normalized spacial score (nSPS) is 16.0. The summed E-state index contributed by atoms with van der Waals surface area (Å²) >= 11 is 1.74. The van der Waals surface area contributed by atoms with Crippen LogP contribution in [0.25, 0.3) is 11.0 Å². The van der Waals surface area contributed by atoms with E-state index < -0.39 is 0 Å². The second-order valence-electron chi connectivity index (χ2n) is 9.45. The number of imidazole rings is 1. The minimum atomic E-state index is -0.00359. The molecule has 1 amide bonds. The first kappa shape index (κ1) is 24.5. The Kier molecular flexibility index (Phi) is 7.68. The first-order valence-corrected chi connectivity index (χ1v) is 13.7. The Labute approximate surface area is 217 Å². The van der Waals surface area contributed by atoms with Crippen molar-refractivity contribution in [1.29, 1.82) is 0 Å². The molecule has 1 saturated heterocycles. The molecule has 0 spiro atoms. The molecule has 1 aliphatic rings. The molecular formula is C29H33N5OS. The van der Waals surface area contributed by atoms with Gasteiger partial charge in [0.15, 0.2) is 5.16 Å². The van der Waals surface area contributed by atoms with E-state index in [1.807, 2.05) is 36.5 Å². The predicted molar refractivity (Wildman–Crippen MR) is 146 cm³/mol. The zero-order valence-corrected chi connectivity index (χ0v) is 21.8. The number of benzene rings is 2. The fourth-order valence-electron chi connectivity index (χ4n) is 4.84. The quantitative estimate of drug-likeness (QED) is 0.317. The van der Waals surface area contributed by atoms with Crippen LogP contribution < -0.4 is 5.32 Å². The maximum atomic E-state index is 12.7. The van der Waals surface area contributed by atoms with Crippen molar-refractivity contribution in [2.24, 2.45) is 0 Å². The van der Waals surface area contributed by atoms with Gasteiger partial charge in [0.25, 0.3) is 5.91 Å². The molecule has 6 nitrogen and oxygen atoms in total. The van der Waals surface area contributed by atoms with Gasteiger partial charge in [0.2, 0.25) is 0 Å². The molecule has 7 heteroatoms. The number of nitrogens with one attached hydrogen (secondary N) is 1. The molecule has 36 heavy (non-hydrogen) atoms. The number of amides is 1. The number of likely N-dealkylation sites (tertiary alicyclic amines) is 1. The summed E-state index contributed by atoms with van der Waals surface area (Å²) in [6.45, 7) is 7.85. The number of rotatable bonds is 9. The van der Waals surface area contributed by atoms with Crippen LogP contribution in [0.5, 0.6) is 0 Å². The number of aryl methyl sites for hydroxylation is 1. The van der Waals surface area contributed by atoms with Crippen LogP contribution in [0.2, 0.25) is 0 Å². The molecule has 1 fully saturated rings. The molecule has 2 aromatic heterocycles. The van der Waals surface area contributed by atoms with Gasteiger partial charge in [-0.2, -0.15) is 0 Å². The van der Waals surface area contributed by atoms with Crippen molar-refractivity contribution in [3.8, 4) is 0 Å². The zero-order chi connectivity index (χ0) is 24.9. The van der Waals surface area contributed by atoms with Gasteiger partial charge >= 0.3 is 0 Å². The smallest absolute Gasteiger partial charge is 0.251 e. The Morgan fingerprint density at radius 1 is 1.08 bits per heavy atom. The molecule has 1 N–H and O–H groups in total. The van der Waals surface area contributed by atoms with E-state index in [-0.39, 0.29) is 5.91 Å². The summed E-state index contributed by atoms with van der Waals surface area (Å²) < 4.78 is 2.22. The van der Waals surface area contributed by atoms with Crippen molar-refractivity contribution in [3.63, 3.8) is 0 Å². The van der Waals surface area contributed by atoms with Gasteiger partial charge < -0.3 is 9.88 Å². The highest BCUT2D eigenvalue weighted by Crippen LogP contribution is 2.27. The number of carbonyl (C=O) groups excluding carboxylic acids is 1. The van der Waals surface area contributed by atoms with Crippen LogP contribution in [0.15, 0.2) is 72.1 Å². The van der Waals surface area contributed by atoms with Crippen LogP contribution in [0, 0.1) is 6.92 Å². The number of hydrogen-bond donors (Lipinski definition) is 1. The second kappa shape index (κ2) is 11.3. The first-order valence-electron chi connectivity index (χ1n) is 12.7. The molecule has 2 aromatic carbocycles. The largest absolute Gasteiger partial charge is 0.350 e. The third-order valence-corrected chi connectivity index (χ3v) is 8.01. The molecule has 5 rings (SSSR count). The van der Waals surface area contributed by atoms with Crippen LogP contribution in [-0.4, -0.2) is 51.0 Å². The first-order chi connectivity index (χ1) is 17.6.